The first-order valence-corrected chi connectivity index (χ1v) is 10.6. The molecule has 6 N–H and O–H groups in total. The van der Waals surface area contributed by atoms with Crippen LogP contribution in [0.3, 0.4) is 0 Å². The summed E-state index contributed by atoms with van der Waals surface area (Å²) in [5, 5.41) is 16.9. The highest BCUT2D eigenvalue weighted by Gasteiger charge is 2.45. The first-order valence-electron chi connectivity index (χ1n) is 10.6. The van der Waals surface area contributed by atoms with Crippen LogP contribution in [0.25, 0.3) is 0 Å². The Morgan fingerprint density at radius 3 is 2.65 bits per heavy atom. The molecule has 0 aliphatic carbocycles. The molecule has 1 aliphatic rings. The summed E-state index contributed by atoms with van der Waals surface area (Å²) in [6.07, 6.45) is 2.88. The molecule has 9 heteroatoms. The molecule has 2 aromatic rings. The molecule has 0 bridgehead atoms. The summed E-state index contributed by atoms with van der Waals surface area (Å²) in [7, 11) is 0. The minimum absolute atomic E-state index is 0.000204. The predicted molar refractivity (Wildman–Crippen MR) is 121 cm³/mol. The van der Waals surface area contributed by atoms with E-state index in [0.717, 1.165) is 12.0 Å². The third-order valence-corrected chi connectivity index (χ3v) is 5.57. The van der Waals surface area contributed by atoms with Gasteiger partial charge in [-0.05, 0) is 25.5 Å². The van der Waals surface area contributed by atoms with Gasteiger partial charge >= 0.3 is 0 Å². The second-order valence-corrected chi connectivity index (χ2v) is 8.01. The van der Waals surface area contributed by atoms with Crippen molar-refractivity contribution >= 4 is 17.4 Å². The summed E-state index contributed by atoms with van der Waals surface area (Å²) in [6.45, 7) is 7.65. The zero-order valence-electron chi connectivity index (χ0n) is 18.3. The zero-order valence-corrected chi connectivity index (χ0v) is 18.3. The minimum atomic E-state index is -0.654. The topological polar surface area (TPSA) is 138 Å². The number of benzene rings is 1. The van der Waals surface area contributed by atoms with Gasteiger partial charge in [0, 0.05) is 25.1 Å². The van der Waals surface area contributed by atoms with E-state index < -0.39 is 11.6 Å². The number of nitrogens with zero attached hydrogens (tertiary/aromatic N) is 2. The molecule has 31 heavy (non-hydrogen) atoms. The predicted octanol–water partition coefficient (Wildman–Crippen LogP) is 1.44. The number of hydrogen-bond donors (Lipinski definition) is 5. The molecule has 0 saturated heterocycles. The number of carbonyl (C=O) groups excluding carboxylic acids is 1. The van der Waals surface area contributed by atoms with Crippen molar-refractivity contribution in [3.63, 3.8) is 0 Å². The van der Waals surface area contributed by atoms with Crippen LogP contribution in [-0.2, 0) is 16.9 Å². The quantitative estimate of drug-likeness (QED) is 0.304. The zero-order chi connectivity index (χ0) is 22.6. The Hall–Kier alpha value is -3.20. The van der Waals surface area contributed by atoms with Crippen LogP contribution in [0.5, 0.6) is 0 Å². The SMILES string of the molecule is CCCNc1cnc2n(c1=O)[C@H](C(=O)NCc1ccc(C(=N)N)cc1)C[C@@]2(C)NCC. The summed E-state index contributed by atoms with van der Waals surface area (Å²) in [6, 6.07) is 6.48. The van der Waals surface area contributed by atoms with Crippen molar-refractivity contribution in [3.05, 3.63) is 57.8 Å². The molecule has 0 saturated carbocycles. The number of amidine groups is 1. The van der Waals surface area contributed by atoms with Crippen LogP contribution < -0.4 is 27.2 Å². The van der Waals surface area contributed by atoms with E-state index in [9.17, 15) is 9.59 Å². The number of fused-ring (bicyclic) bond motifs is 1. The second kappa shape index (κ2) is 9.30. The van der Waals surface area contributed by atoms with Crippen molar-refractivity contribution in [1.82, 2.24) is 20.2 Å². The number of hydrogen-bond acceptors (Lipinski definition) is 6. The molecular formula is C22H31N7O2. The van der Waals surface area contributed by atoms with Crippen LogP contribution >= 0.6 is 0 Å². The maximum absolute atomic E-state index is 13.2. The summed E-state index contributed by atoms with van der Waals surface area (Å²) in [5.41, 5.74) is 6.61. The highest BCUT2D eigenvalue weighted by molar-refractivity contribution is 5.94. The molecule has 0 unspecified atom stereocenters. The fourth-order valence-corrected chi connectivity index (χ4v) is 3.98. The Morgan fingerprint density at radius 1 is 1.32 bits per heavy atom. The van der Waals surface area contributed by atoms with Crippen molar-refractivity contribution in [2.45, 2.75) is 51.7 Å². The summed E-state index contributed by atoms with van der Waals surface area (Å²) in [4.78, 5) is 30.8. The number of nitrogen functional groups attached to an aromatic ring is 1. The van der Waals surface area contributed by atoms with E-state index in [2.05, 4.69) is 20.9 Å². The third-order valence-electron chi connectivity index (χ3n) is 5.57. The van der Waals surface area contributed by atoms with Crippen molar-refractivity contribution in [2.24, 2.45) is 5.73 Å². The smallest absolute Gasteiger partial charge is 0.277 e. The van der Waals surface area contributed by atoms with E-state index >= 15 is 0 Å². The molecule has 9 nitrogen and oxygen atoms in total. The van der Waals surface area contributed by atoms with Crippen LogP contribution in [-0.4, -0.2) is 34.4 Å². The van der Waals surface area contributed by atoms with Crippen LogP contribution in [0.4, 0.5) is 5.69 Å². The first kappa shape index (κ1) is 22.5. The lowest BCUT2D eigenvalue weighted by molar-refractivity contribution is -0.124. The average molecular weight is 426 g/mol. The molecule has 0 radical (unpaired) electrons. The van der Waals surface area contributed by atoms with Gasteiger partial charge in [0.1, 0.15) is 23.4 Å². The summed E-state index contributed by atoms with van der Waals surface area (Å²) < 4.78 is 1.52. The van der Waals surface area contributed by atoms with Gasteiger partial charge in [-0.25, -0.2) is 4.98 Å². The van der Waals surface area contributed by atoms with Crippen LogP contribution in [0.1, 0.15) is 56.6 Å². The maximum Gasteiger partial charge on any atom is 0.277 e. The molecule has 2 heterocycles. The molecule has 3 rings (SSSR count). The lowest BCUT2D eigenvalue weighted by atomic mass is 9.96. The fourth-order valence-electron chi connectivity index (χ4n) is 3.98. The monoisotopic (exact) mass is 425 g/mol. The number of amides is 1. The van der Waals surface area contributed by atoms with E-state index in [0.29, 0.717) is 43.1 Å². The van der Waals surface area contributed by atoms with Gasteiger partial charge in [-0.3, -0.25) is 19.6 Å². The molecule has 166 valence electrons. The van der Waals surface area contributed by atoms with E-state index in [4.69, 9.17) is 11.1 Å². The number of anilines is 1. The molecule has 0 fully saturated rings. The van der Waals surface area contributed by atoms with Gasteiger partial charge < -0.3 is 21.7 Å². The van der Waals surface area contributed by atoms with E-state index in [1.807, 2.05) is 32.9 Å². The van der Waals surface area contributed by atoms with Gasteiger partial charge in [-0.2, -0.15) is 0 Å². The molecule has 1 aromatic carbocycles. The van der Waals surface area contributed by atoms with Crippen LogP contribution in [0.15, 0.2) is 35.3 Å². The fraction of sp³-hybridized carbons (Fsp3) is 0.455. The highest BCUT2D eigenvalue weighted by Crippen LogP contribution is 2.37. The number of rotatable bonds is 9. The Labute approximate surface area is 182 Å². The number of nitrogens with one attached hydrogen (secondary N) is 4. The Morgan fingerprint density at radius 2 is 2.03 bits per heavy atom. The number of nitrogens with two attached hydrogens (primary N) is 1. The molecule has 2 atom stereocenters. The lowest BCUT2D eigenvalue weighted by Gasteiger charge is -2.24. The third kappa shape index (κ3) is 4.61. The van der Waals surface area contributed by atoms with Crippen LogP contribution in [0.2, 0.25) is 0 Å². The summed E-state index contributed by atoms with van der Waals surface area (Å²) in [5.74, 6) is 0.350. The van der Waals surface area contributed by atoms with Gasteiger partial charge in [0.25, 0.3) is 5.56 Å². The number of carbonyl (C=O) groups is 1. The highest BCUT2D eigenvalue weighted by atomic mass is 16.2. The molecule has 0 spiro atoms. The van der Waals surface area contributed by atoms with E-state index in [1.165, 1.54) is 4.57 Å². The molecule has 1 aliphatic heterocycles. The Kier molecular flexibility index (Phi) is 6.74. The minimum Gasteiger partial charge on any atom is -0.384 e. The van der Waals surface area contributed by atoms with Crippen molar-refractivity contribution in [1.29, 1.82) is 5.41 Å². The summed E-state index contributed by atoms with van der Waals surface area (Å²) >= 11 is 0. The Balaban J connectivity index is 1.84. The van der Waals surface area contributed by atoms with E-state index in [-0.39, 0.29) is 17.3 Å². The van der Waals surface area contributed by atoms with Gasteiger partial charge in [0.05, 0.1) is 11.7 Å². The second-order valence-electron chi connectivity index (χ2n) is 8.01. The standard InChI is InChI=1S/C22H31N7O2/c1-4-10-25-16-13-27-21-22(3,28-5-2)11-17(29(21)20(16)31)19(30)26-12-14-6-8-15(9-7-14)18(23)24/h6-9,13,17,25,28H,4-5,10-12H2,1-3H3,(H3,23,24)(H,26,30)/t17-,22+/m0/s1. The van der Waals surface area contributed by atoms with Gasteiger partial charge in [-0.1, -0.05) is 38.1 Å². The van der Waals surface area contributed by atoms with E-state index in [1.54, 1.807) is 18.3 Å². The van der Waals surface area contributed by atoms with Crippen LogP contribution in [0, 0.1) is 5.41 Å². The van der Waals surface area contributed by atoms with Gasteiger partial charge in [0.15, 0.2) is 0 Å². The average Bonchev–Trinajstić information content (AvgIpc) is 3.05. The molecular weight excluding hydrogens is 394 g/mol. The lowest BCUT2D eigenvalue weighted by Crippen LogP contribution is -2.39. The van der Waals surface area contributed by atoms with Gasteiger partial charge in [0.2, 0.25) is 5.91 Å². The van der Waals surface area contributed by atoms with Gasteiger partial charge in [-0.15, -0.1) is 0 Å². The normalized spacial score (nSPS) is 19.6. The first-order chi connectivity index (χ1) is 14.8. The van der Waals surface area contributed by atoms with Crippen molar-refractivity contribution < 1.29 is 4.79 Å². The number of aromatic nitrogens is 2. The molecule has 1 aromatic heterocycles. The molecule has 1 amide bonds. The maximum atomic E-state index is 13.2. The van der Waals surface area contributed by atoms with Crippen molar-refractivity contribution in [2.75, 3.05) is 18.4 Å². The largest absolute Gasteiger partial charge is 0.384 e. The Bertz CT molecular complexity index is 1020. The van der Waals surface area contributed by atoms with Crippen molar-refractivity contribution in [3.8, 4) is 0 Å².